The van der Waals surface area contributed by atoms with Crippen LogP contribution in [0.15, 0.2) is 0 Å². The van der Waals surface area contributed by atoms with Gasteiger partial charge in [-0.15, -0.1) is 0 Å². The quantitative estimate of drug-likeness (QED) is 0.790. The summed E-state index contributed by atoms with van der Waals surface area (Å²) in [6, 6.07) is 1.61. The highest BCUT2D eigenvalue weighted by Gasteiger charge is 2.32. The van der Waals surface area contributed by atoms with Crippen LogP contribution < -0.4 is 5.32 Å². The fourth-order valence-corrected chi connectivity index (χ4v) is 3.51. The van der Waals surface area contributed by atoms with E-state index in [9.17, 15) is 0 Å². The molecule has 0 aromatic carbocycles. The van der Waals surface area contributed by atoms with Crippen molar-refractivity contribution in [2.24, 2.45) is 5.92 Å². The number of likely N-dealkylation sites (tertiary alicyclic amines) is 1. The molecule has 0 aromatic heterocycles. The second-order valence-corrected chi connectivity index (χ2v) is 5.77. The predicted molar refractivity (Wildman–Crippen MR) is 69.7 cm³/mol. The minimum atomic E-state index is 0.670. The molecule has 2 aliphatic rings. The zero-order chi connectivity index (χ0) is 11.4. The summed E-state index contributed by atoms with van der Waals surface area (Å²) in [5.74, 6) is 1.03. The zero-order valence-electron chi connectivity index (χ0n) is 11.0. The molecule has 1 aliphatic heterocycles. The average molecular weight is 224 g/mol. The Morgan fingerprint density at radius 1 is 1.19 bits per heavy atom. The largest absolute Gasteiger partial charge is 0.317 e. The number of piperidine rings is 1. The summed E-state index contributed by atoms with van der Waals surface area (Å²) >= 11 is 0. The Labute approximate surface area is 101 Å². The summed E-state index contributed by atoms with van der Waals surface area (Å²) < 4.78 is 0. The van der Waals surface area contributed by atoms with Crippen LogP contribution in [0.1, 0.15) is 51.9 Å². The smallest absolute Gasteiger partial charge is 0.0123 e. The van der Waals surface area contributed by atoms with Gasteiger partial charge in [0.2, 0.25) is 0 Å². The van der Waals surface area contributed by atoms with Gasteiger partial charge in [-0.05, 0) is 65.1 Å². The first-order valence-corrected chi connectivity index (χ1v) is 7.22. The van der Waals surface area contributed by atoms with Crippen molar-refractivity contribution in [3.8, 4) is 0 Å². The summed E-state index contributed by atoms with van der Waals surface area (Å²) in [6.45, 7) is 4.96. The SMILES string of the molecule is CNC(C)CCN1CCCC2CCCCC21. The zero-order valence-corrected chi connectivity index (χ0v) is 11.0. The van der Waals surface area contributed by atoms with Gasteiger partial charge in [-0.1, -0.05) is 12.8 Å². The molecule has 1 saturated heterocycles. The van der Waals surface area contributed by atoms with Gasteiger partial charge in [-0.2, -0.15) is 0 Å². The molecule has 0 radical (unpaired) electrons. The maximum Gasteiger partial charge on any atom is 0.0123 e. The molecule has 0 amide bonds. The molecule has 2 nitrogen and oxygen atoms in total. The van der Waals surface area contributed by atoms with Crippen molar-refractivity contribution in [3.05, 3.63) is 0 Å². The molecule has 0 aromatic rings. The van der Waals surface area contributed by atoms with E-state index in [4.69, 9.17) is 0 Å². The second-order valence-electron chi connectivity index (χ2n) is 5.77. The van der Waals surface area contributed by atoms with Crippen LogP contribution in [0.5, 0.6) is 0 Å². The molecule has 1 heterocycles. The van der Waals surface area contributed by atoms with Crippen molar-refractivity contribution >= 4 is 0 Å². The highest BCUT2D eigenvalue weighted by Crippen LogP contribution is 2.35. The van der Waals surface area contributed by atoms with Crippen molar-refractivity contribution in [2.45, 2.75) is 64.0 Å². The first kappa shape index (κ1) is 12.4. The van der Waals surface area contributed by atoms with E-state index in [1.165, 1.54) is 58.0 Å². The van der Waals surface area contributed by atoms with E-state index >= 15 is 0 Å². The maximum absolute atomic E-state index is 3.35. The van der Waals surface area contributed by atoms with Crippen molar-refractivity contribution in [3.63, 3.8) is 0 Å². The van der Waals surface area contributed by atoms with Crippen LogP contribution in [-0.4, -0.2) is 37.1 Å². The molecule has 16 heavy (non-hydrogen) atoms. The number of nitrogens with zero attached hydrogens (tertiary/aromatic N) is 1. The maximum atomic E-state index is 3.35. The summed E-state index contributed by atoms with van der Waals surface area (Å²) in [7, 11) is 2.07. The second kappa shape index (κ2) is 6.02. The Morgan fingerprint density at radius 2 is 1.94 bits per heavy atom. The molecular weight excluding hydrogens is 196 g/mol. The monoisotopic (exact) mass is 224 g/mol. The normalized spacial score (nSPS) is 33.4. The molecular formula is C14H28N2. The summed E-state index contributed by atoms with van der Waals surface area (Å²) in [4.78, 5) is 2.79. The number of rotatable bonds is 4. The van der Waals surface area contributed by atoms with Gasteiger partial charge in [0.05, 0.1) is 0 Å². The minimum Gasteiger partial charge on any atom is -0.317 e. The van der Waals surface area contributed by atoms with E-state index in [0.29, 0.717) is 6.04 Å². The van der Waals surface area contributed by atoms with E-state index in [2.05, 4.69) is 24.2 Å². The molecule has 1 N–H and O–H groups in total. The number of hydrogen-bond acceptors (Lipinski definition) is 2. The van der Waals surface area contributed by atoms with E-state index < -0.39 is 0 Å². The third-order valence-corrected chi connectivity index (χ3v) is 4.70. The van der Waals surface area contributed by atoms with Crippen LogP contribution >= 0.6 is 0 Å². The molecule has 3 atom stereocenters. The van der Waals surface area contributed by atoms with Gasteiger partial charge in [-0.3, -0.25) is 0 Å². The summed E-state index contributed by atoms with van der Waals surface area (Å²) in [5.41, 5.74) is 0. The fraction of sp³-hybridized carbons (Fsp3) is 1.00. The Balaban J connectivity index is 1.82. The van der Waals surface area contributed by atoms with Crippen LogP contribution in [0.25, 0.3) is 0 Å². The average Bonchev–Trinajstić information content (AvgIpc) is 2.35. The Morgan fingerprint density at radius 3 is 2.75 bits per heavy atom. The van der Waals surface area contributed by atoms with Crippen molar-refractivity contribution < 1.29 is 0 Å². The molecule has 94 valence electrons. The molecule has 0 spiro atoms. The van der Waals surface area contributed by atoms with Gasteiger partial charge in [0.25, 0.3) is 0 Å². The minimum absolute atomic E-state index is 0.670. The lowest BCUT2D eigenvalue weighted by molar-refractivity contribution is 0.0583. The van der Waals surface area contributed by atoms with E-state index in [1.807, 2.05) is 0 Å². The number of hydrogen-bond donors (Lipinski definition) is 1. The predicted octanol–water partition coefficient (Wildman–Crippen LogP) is 2.64. The fourth-order valence-electron chi connectivity index (χ4n) is 3.51. The Hall–Kier alpha value is -0.0800. The standard InChI is InChI=1S/C14H28N2/c1-12(15-2)9-11-16-10-5-7-13-6-3-4-8-14(13)16/h12-15H,3-11H2,1-2H3. The Bertz CT molecular complexity index is 203. The first-order valence-electron chi connectivity index (χ1n) is 7.22. The lowest BCUT2D eigenvalue weighted by Crippen LogP contribution is -2.47. The lowest BCUT2D eigenvalue weighted by atomic mass is 9.78. The van der Waals surface area contributed by atoms with Crippen molar-refractivity contribution in [1.29, 1.82) is 0 Å². The molecule has 0 bridgehead atoms. The van der Waals surface area contributed by atoms with Crippen LogP contribution in [0.2, 0.25) is 0 Å². The van der Waals surface area contributed by atoms with Gasteiger partial charge in [0.1, 0.15) is 0 Å². The van der Waals surface area contributed by atoms with Crippen LogP contribution in [-0.2, 0) is 0 Å². The van der Waals surface area contributed by atoms with Crippen LogP contribution in [0, 0.1) is 5.92 Å². The number of nitrogens with one attached hydrogen (secondary N) is 1. The van der Waals surface area contributed by atoms with Gasteiger partial charge in [0.15, 0.2) is 0 Å². The molecule has 2 rings (SSSR count). The third-order valence-electron chi connectivity index (χ3n) is 4.70. The van der Waals surface area contributed by atoms with Gasteiger partial charge in [0, 0.05) is 12.1 Å². The highest BCUT2D eigenvalue weighted by atomic mass is 15.2. The van der Waals surface area contributed by atoms with Crippen LogP contribution in [0.3, 0.4) is 0 Å². The van der Waals surface area contributed by atoms with E-state index in [-0.39, 0.29) is 0 Å². The van der Waals surface area contributed by atoms with Crippen LogP contribution in [0.4, 0.5) is 0 Å². The van der Waals surface area contributed by atoms with Gasteiger partial charge in [-0.25, -0.2) is 0 Å². The third kappa shape index (κ3) is 2.98. The molecule has 2 fully saturated rings. The van der Waals surface area contributed by atoms with E-state index in [1.54, 1.807) is 0 Å². The van der Waals surface area contributed by atoms with Crippen molar-refractivity contribution in [2.75, 3.05) is 20.1 Å². The molecule has 3 unspecified atom stereocenters. The molecule has 2 heteroatoms. The highest BCUT2D eigenvalue weighted by molar-refractivity contribution is 4.87. The molecule has 1 aliphatic carbocycles. The Kier molecular flexibility index (Phi) is 4.66. The summed E-state index contributed by atoms with van der Waals surface area (Å²) in [5, 5.41) is 3.35. The van der Waals surface area contributed by atoms with Crippen molar-refractivity contribution in [1.82, 2.24) is 10.2 Å². The first-order chi connectivity index (χ1) is 7.81. The topological polar surface area (TPSA) is 15.3 Å². The summed E-state index contributed by atoms with van der Waals surface area (Å²) in [6.07, 6.45) is 10.2. The van der Waals surface area contributed by atoms with E-state index in [0.717, 1.165) is 12.0 Å². The lowest BCUT2D eigenvalue weighted by Gasteiger charge is -2.44. The van der Waals surface area contributed by atoms with Gasteiger partial charge < -0.3 is 10.2 Å². The molecule has 1 saturated carbocycles. The van der Waals surface area contributed by atoms with Gasteiger partial charge >= 0.3 is 0 Å². The number of fused-ring (bicyclic) bond motifs is 1.